The summed E-state index contributed by atoms with van der Waals surface area (Å²) in [5.74, 6) is 0.561. The lowest BCUT2D eigenvalue weighted by Crippen LogP contribution is -2.12. The molecule has 0 aliphatic carbocycles. The molecule has 2 aromatic rings. The second-order valence-electron chi connectivity index (χ2n) is 4.30. The summed E-state index contributed by atoms with van der Waals surface area (Å²) in [6, 6.07) is 12.5. The molecule has 0 bridgehead atoms. The molecule has 0 N–H and O–H groups in total. The van der Waals surface area contributed by atoms with E-state index in [9.17, 15) is 4.79 Å². The highest BCUT2D eigenvalue weighted by Gasteiger charge is 2.12. The summed E-state index contributed by atoms with van der Waals surface area (Å²) in [6.07, 6.45) is 0.853. The van der Waals surface area contributed by atoms with Crippen LogP contribution < -0.4 is 4.74 Å². The topological polar surface area (TPSA) is 26.3 Å². The van der Waals surface area contributed by atoms with Crippen LogP contribution in [0.1, 0.15) is 22.8 Å². The number of ether oxygens (including phenoxy) is 1. The van der Waals surface area contributed by atoms with Crippen LogP contribution >= 0.6 is 23.2 Å². The average Bonchev–Trinajstić information content (AvgIpc) is 2.45. The first kappa shape index (κ1) is 14.9. The van der Waals surface area contributed by atoms with Gasteiger partial charge in [0.05, 0.1) is 5.02 Å². The molecule has 2 aromatic carbocycles. The van der Waals surface area contributed by atoms with Crippen molar-refractivity contribution in [1.29, 1.82) is 0 Å². The lowest BCUT2D eigenvalue weighted by atomic mass is 10.1. The first-order chi connectivity index (χ1) is 9.61. The predicted octanol–water partition coefficient (Wildman–Crippen LogP) is 4.82. The van der Waals surface area contributed by atoms with Crippen molar-refractivity contribution in [2.24, 2.45) is 0 Å². The number of carbonyl (C=O) groups is 1. The maximum atomic E-state index is 12.1. The molecule has 2 rings (SSSR count). The number of hydrogen-bond donors (Lipinski definition) is 0. The number of hydrogen-bond acceptors (Lipinski definition) is 2. The van der Waals surface area contributed by atoms with E-state index in [1.54, 1.807) is 18.2 Å². The highest BCUT2D eigenvalue weighted by molar-refractivity contribution is 6.36. The van der Waals surface area contributed by atoms with Crippen LogP contribution in [0.25, 0.3) is 0 Å². The maximum Gasteiger partial charge on any atom is 0.201 e. The third-order valence-electron chi connectivity index (χ3n) is 2.94. The molecule has 20 heavy (non-hydrogen) atoms. The molecule has 2 nitrogen and oxygen atoms in total. The Morgan fingerprint density at radius 3 is 2.60 bits per heavy atom. The Balaban J connectivity index is 2.09. The fourth-order valence-electron chi connectivity index (χ4n) is 1.87. The third-order valence-corrected chi connectivity index (χ3v) is 3.49. The summed E-state index contributed by atoms with van der Waals surface area (Å²) < 4.78 is 5.59. The van der Waals surface area contributed by atoms with Crippen molar-refractivity contribution in [2.75, 3.05) is 6.61 Å². The van der Waals surface area contributed by atoms with E-state index in [1.807, 2.05) is 31.2 Å². The van der Waals surface area contributed by atoms with Crippen LogP contribution in [0.3, 0.4) is 0 Å². The first-order valence-corrected chi connectivity index (χ1v) is 7.06. The van der Waals surface area contributed by atoms with Crippen molar-refractivity contribution < 1.29 is 9.53 Å². The number of halogens is 2. The standard InChI is InChI=1S/C16H14Cl2O2/c1-2-11-5-3-4-6-16(11)20-10-15(19)13-8-7-12(17)9-14(13)18/h3-9H,2,10H2,1H3. The van der Waals surface area contributed by atoms with Gasteiger partial charge < -0.3 is 4.74 Å². The van der Waals surface area contributed by atoms with E-state index >= 15 is 0 Å². The number of carbonyl (C=O) groups excluding carboxylic acids is 1. The van der Waals surface area contributed by atoms with E-state index in [0.29, 0.717) is 15.6 Å². The van der Waals surface area contributed by atoms with Crippen molar-refractivity contribution >= 4 is 29.0 Å². The Morgan fingerprint density at radius 2 is 1.90 bits per heavy atom. The molecular formula is C16H14Cl2O2. The second-order valence-corrected chi connectivity index (χ2v) is 5.14. The quantitative estimate of drug-likeness (QED) is 0.740. The third kappa shape index (κ3) is 3.53. The molecule has 104 valence electrons. The molecule has 0 saturated carbocycles. The average molecular weight is 309 g/mol. The molecule has 0 radical (unpaired) electrons. The summed E-state index contributed by atoms with van der Waals surface area (Å²) in [7, 11) is 0. The van der Waals surface area contributed by atoms with Crippen molar-refractivity contribution in [3.8, 4) is 5.75 Å². The Morgan fingerprint density at radius 1 is 1.15 bits per heavy atom. The zero-order valence-corrected chi connectivity index (χ0v) is 12.5. The fraction of sp³-hybridized carbons (Fsp3) is 0.188. The lowest BCUT2D eigenvalue weighted by molar-refractivity contribution is 0.0921. The van der Waals surface area contributed by atoms with Gasteiger partial charge >= 0.3 is 0 Å². The summed E-state index contributed by atoms with van der Waals surface area (Å²) >= 11 is 11.8. The van der Waals surface area contributed by atoms with Crippen LogP contribution in [0, 0.1) is 0 Å². The largest absolute Gasteiger partial charge is 0.485 e. The maximum absolute atomic E-state index is 12.1. The van der Waals surface area contributed by atoms with Crippen LogP contribution in [0.5, 0.6) is 5.75 Å². The van der Waals surface area contributed by atoms with Gasteiger partial charge in [-0.25, -0.2) is 0 Å². The Kier molecular flexibility index (Phi) is 5.05. The van der Waals surface area contributed by atoms with E-state index in [0.717, 1.165) is 17.7 Å². The van der Waals surface area contributed by atoms with Crippen LogP contribution in [0.2, 0.25) is 10.0 Å². The Bertz CT molecular complexity index is 624. The first-order valence-electron chi connectivity index (χ1n) is 6.30. The molecule has 0 atom stereocenters. The monoisotopic (exact) mass is 308 g/mol. The summed E-state index contributed by atoms with van der Waals surface area (Å²) in [6.45, 7) is 2.00. The summed E-state index contributed by atoms with van der Waals surface area (Å²) in [4.78, 5) is 12.1. The summed E-state index contributed by atoms with van der Waals surface area (Å²) in [5.41, 5.74) is 1.49. The molecule has 0 unspecified atom stereocenters. The molecule has 0 saturated heterocycles. The van der Waals surface area contributed by atoms with Crippen molar-refractivity contribution in [2.45, 2.75) is 13.3 Å². The minimum absolute atomic E-state index is 0.0433. The molecule has 0 aliphatic heterocycles. The fourth-order valence-corrected chi connectivity index (χ4v) is 2.39. The number of Topliss-reactive ketones (excluding diaryl/α,β-unsaturated/α-hetero) is 1. The van der Waals surface area contributed by atoms with Gasteiger partial charge in [0.2, 0.25) is 5.78 Å². The van der Waals surface area contributed by atoms with Crippen LogP contribution in [-0.2, 0) is 6.42 Å². The summed E-state index contributed by atoms with van der Waals surface area (Å²) in [5, 5.41) is 0.846. The zero-order valence-electron chi connectivity index (χ0n) is 11.0. The van der Waals surface area contributed by atoms with Gasteiger partial charge in [-0.15, -0.1) is 0 Å². The van der Waals surface area contributed by atoms with E-state index in [-0.39, 0.29) is 12.4 Å². The minimum Gasteiger partial charge on any atom is -0.485 e. The number of para-hydroxylation sites is 1. The second kappa shape index (κ2) is 6.78. The van der Waals surface area contributed by atoms with Crippen molar-refractivity contribution in [1.82, 2.24) is 0 Å². The normalized spacial score (nSPS) is 10.3. The van der Waals surface area contributed by atoms with E-state index in [2.05, 4.69) is 0 Å². The van der Waals surface area contributed by atoms with Crippen LogP contribution in [-0.4, -0.2) is 12.4 Å². The molecule has 4 heteroatoms. The predicted molar refractivity (Wildman–Crippen MR) is 82.1 cm³/mol. The molecule has 0 amide bonds. The smallest absolute Gasteiger partial charge is 0.201 e. The van der Waals surface area contributed by atoms with E-state index in [1.165, 1.54) is 0 Å². The molecule has 0 aromatic heterocycles. The van der Waals surface area contributed by atoms with Crippen molar-refractivity contribution in [3.63, 3.8) is 0 Å². The molecule has 0 fully saturated rings. The Hall–Kier alpha value is -1.51. The van der Waals surface area contributed by atoms with Gasteiger partial charge in [0.25, 0.3) is 0 Å². The van der Waals surface area contributed by atoms with Crippen LogP contribution in [0.4, 0.5) is 0 Å². The molecule has 0 spiro atoms. The number of ketones is 1. The number of rotatable bonds is 5. The highest BCUT2D eigenvalue weighted by atomic mass is 35.5. The van der Waals surface area contributed by atoms with Crippen LogP contribution in [0.15, 0.2) is 42.5 Å². The van der Waals surface area contributed by atoms with Gasteiger partial charge in [0, 0.05) is 10.6 Å². The number of benzene rings is 2. The van der Waals surface area contributed by atoms with Gasteiger partial charge in [0.15, 0.2) is 6.61 Å². The Labute approximate surface area is 128 Å². The van der Waals surface area contributed by atoms with Gasteiger partial charge in [0.1, 0.15) is 5.75 Å². The zero-order chi connectivity index (χ0) is 14.5. The molecule has 0 aliphatic rings. The highest BCUT2D eigenvalue weighted by Crippen LogP contribution is 2.22. The molecular weight excluding hydrogens is 295 g/mol. The number of aryl methyl sites for hydroxylation is 1. The van der Waals surface area contributed by atoms with Gasteiger partial charge in [-0.1, -0.05) is 48.3 Å². The molecule has 0 heterocycles. The van der Waals surface area contributed by atoms with Gasteiger partial charge in [-0.05, 0) is 36.2 Å². The SMILES string of the molecule is CCc1ccccc1OCC(=O)c1ccc(Cl)cc1Cl. The van der Waals surface area contributed by atoms with Gasteiger partial charge in [-0.2, -0.15) is 0 Å². The van der Waals surface area contributed by atoms with E-state index in [4.69, 9.17) is 27.9 Å². The van der Waals surface area contributed by atoms with Gasteiger partial charge in [-0.3, -0.25) is 4.79 Å². The van der Waals surface area contributed by atoms with E-state index < -0.39 is 0 Å². The minimum atomic E-state index is -0.169. The van der Waals surface area contributed by atoms with Crippen molar-refractivity contribution in [3.05, 3.63) is 63.6 Å². The lowest BCUT2D eigenvalue weighted by Gasteiger charge is -2.10.